The first-order valence-electron chi connectivity index (χ1n) is 4.89. The molecule has 0 bridgehead atoms. The zero-order valence-corrected chi connectivity index (χ0v) is 10.2. The normalized spacial score (nSPS) is 10.4. The molecular weight excluding hydrogens is 238 g/mol. The summed E-state index contributed by atoms with van der Waals surface area (Å²) < 4.78 is 4.57. The Bertz CT molecular complexity index is 426. The minimum absolute atomic E-state index is 0.394. The highest BCUT2D eigenvalue weighted by molar-refractivity contribution is 7.98. The summed E-state index contributed by atoms with van der Waals surface area (Å²) in [5, 5.41) is 0. The standard InChI is InChI=1S/C12H13NO3S/c1-17-10-5-2-9(3-6-10)4-7-12(15)16-8-11(13)14/h2-7H,8H2,1H3,(H2,13,14). The van der Waals surface area contributed by atoms with E-state index < -0.39 is 18.5 Å². The molecule has 0 fully saturated rings. The molecule has 0 spiro atoms. The number of carbonyl (C=O) groups is 2. The zero-order chi connectivity index (χ0) is 12.7. The van der Waals surface area contributed by atoms with Gasteiger partial charge in [-0.05, 0) is 30.0 Å². The minimum atomic E-state index is -0.670. The number of nitrogens with two attached hydrogens (primary N) is 1. The Morgan fingerprint density at radius 1 is 1.35 bits per heavy atom. The highest BCUT2D eigenvalue weighted by Gasteiger charge is 1.99. The molecule has 2 N–H and O–H groups in total. The third-order valence-corrected chi connectivity index (χ3v) is 2.63. The Labute approximate surface area is 104 Å². The molecule has 4 nitrogen and oxygen atoms in total. The molecule has 1 aromatic carbocycles. The lowest BCUT2D eigenvalue weighted by Gasteiger charge is -1.98. The molecule has 1 rings (SSSR count). The van der Waals surface area contributed by atoms with Gasteiger partial charge in [-0.25, -0.2) is 4.79 Å². The van der Waals surface area contributed by atoms with Crippen LogP contribution < -0.4 is 5.73 Å². The average molecular weight is 251 g/mol. The molecule has 0 aromatic heterocycles. The maximum atomic E-state index is 11.1. The Hall–Kier alpha value is -1.75. The largest absolute Gasteiger partial charge is 0.452 e. The van der Waals surface area contributed by atoms with Crippen molar-refractivity contribution in [1.82, 2.24) is 0 Å². The molecule has 0 unspecified atom stereocenters. The molecule has 0 aliphatic rings. The van der Waals surface area contributed by atoms with Gasteiger partial charge in [-0.2, -0.15) is 0 Å². The van der Waals surface area contributed by atoms with E-state index in [0.717, 1.165) is 10.5 Å². The van der Waals surface area contributed by atoms with E-state index in [1.807, 2.05) is 30.5 Å². The number of carbonyl (C=O) groups excluding carboxylic acids is 2. The van der Waals surface area contributed by atoms with E-state index in [1.54, 1.807) is 17.8 Å². The average Bonchev–Trinajstić information content (AvgIpc) is 2.34. The van der Waals surface area contributed by atoms with Gasteiger partial charge < -0.3 is 10.5 Å². The van der Waals surface area contributed by atoms with Crippen LogP contribution in [-0.2, 0) is 14.3 Å². The van der Waals surface area contributed by atoms with Crippen LogP contribution in [0, 0.1) is 0 Å². The van der Waals surface area contributed by atoms with Crippen LogP contribution in [-0.4, -0.2) is 24.7 Å². The molecule has 1 aromatic rings. The number of amides is 1. The third-order valence-electron chi connectivity index (χ3n) is 1.88. The minimum Gasteiger partial charge on any atom is -0.452 e. The Kier molecular flexibility index (Phi) is 5.29. The van der Waals surface area contributed by atoms with Crippen LogP contribution in [0.4, 0.5) is 0 Å². The molecule has 17 heavy (non-hydrogen) atoms. The van der Waals surface area contributed by atoms with Gasteiger partial charge in [-0.15, -0.1) is 11.8 Å². The lowest BCUT2D eigenvalue weighted by atomic mass is 10.2. The lowest BCUT2D eigenvalue weighted by molar-refractivity contribution is -0.142. The van der Waals surface area contributed by atoms with Gasteiger partial charge >= 0.3 is 5.97 Å². The lowest BCUT2D eigenvalue weighted by Crippen LogP contribution is -2.19. The predicted molar refractivity (Wildman–Crippen MR) is 67.4 cm³/mol. The number of hydrogen-bond donors (Lipinski definition) is 1. The van der Waals surface area contributed by atoms with Crippen LogP contribution in [0.2, 0.25) is 0 Å². The highest BCUT2D eigenvalue weighted by atomic mass is 32.2. The summed E-state index contributed by atoms with van der Waals surface area (Å²) in [4.78, 5) is 22.6. The fourth-order valence-corrected chi connectivity index (χ4v) is 1.48. The SMILES string of the molecule is CSc1ccc(C=CC(=O)OCC(N)=O)cc1. The third kappa shape index (κ3) is 5.21. The van der Waals surface area contributed by atoms with Gasteiger partial charge in [0.2, 0.25) is 0 Å². The van der Waals surface area contributed by atoms with E-state index in [0.29, 0.717) is 0 Å². The summed E-state index contributed by atoms with van der Waals surface area (Å²) in [7, 11) is 0. The highest BCUT2D eigenvalue weighted by Crippen LogP contribution is 2.15. The van der Waals surface area contributed by atoms with Gasteiger partial charge in [-0.1, -0.05) is 12.1 Å². The van der Waals surface area contributed by atoms with Gasteiger partial charge in [0.1, 0.15) is 0 Å². The molecule has 0 radical (unpaired) electrons. The van der Waals surface area contributed by atoms with Crippen molar-refractivity contribution in [3.8, 4) is 0 Å². The maximum absolute atomic E-state index is 11.1. The summed E-state index contributed by atoms with van der Waals surface area (Å²) >= 11 is 1.65. The van der Waals surface area contributed by atoms with Gasteiger partial charge in [0.15, 0.2) is 6.61 Å². The number of hydrogen-bond acceptors (Lipinski definition) is 4. The van der Waals surface area contributed by atoms with Gasteiger partial charge in [0, 0.05) is 11.0 Å². The van der Waals surface area contributed by atoms with Crippen molar-refractivity contribution in [2.75, 3.05) is 12.9 Å². The van der Waals surface area contributed by atoms with Crippen molar-refractivity contribution in [1.29, 1.82) is 0 Å². The number of esters is 1. The van der Waals surface area contributed by atoms with Crippen LogP contribution in [0.3, 0.4) is 0 Å². The quantitative estimate of drug-likeness (QED) is 0.488. The van der Waals surface area contributed by atoms with Crippen molar-refractivity contribution in [2.24, 2.45) is 5.73 Å². The van der Waals surface area contributed by atoms with Crippen LogP contribution in [0.25, 0.3) is 6.08 Å². The van der Waals surface area contributed by atoms with Crippen LogP contribution in [0.1, 0.15) is 5.56 Å². The molecule has 0 atom stereocenters. The predicted octanol–water partition coefficient (Wildman–Crippen LogP) is 1.45. The van der Waals surface area contributed by atoms with E-state index in [9.17, 15) is 9.59 Å². The smallest absolute Gasteiger partial charge is 0.331 e. The molecule has 90 valence electrons. The summed E-state index contributed by atoms with van der Waals surface area (Å²) in [6, 6.07) is 7.70. The molecule has 0 aliphatic heterocycles. The Balaban J connectivity index is 2.51. The first kappa shape index (κ1) is 13.3. The monoisotopic (exact) mass is 251 g/mol. The second kappa shape index (κ2) is 6.75. The van der Waals surface area contributed by atoms with Gasteiger partial charge in [0.25, 0.3) is 5.91 Å². The van der Waals surface area contributed by atoms with Crippen LogP contribution >= 0.6 is 11.8 Å². The van der Waals surface area contributed by atoms with E-state index in [-0.39, 0.29) is 0 Å². The van der Waals surface area contributed by atoms with E-state index >= 15 is 0 Å². The zero-order valence-electron chi connectivity index (χ0n) is 9.38. The van der Waals surface area contributed by atoms with Crippen LogP contribution in [0.5, 0.6) is 0 Å². The fraction of sp³-hybridized carbons (Fsp3) is 0.167. The topological polar surface area (TPSA) is 69.4 Å². The van der Waals surface area contributed by atoms with Crippen molar-refractivity contribution < 1.29 is 14.3 Å². The van der Waals surface area contributed by atoms with E-state index in [4.69, 9.17) is 5.73 Å². The van der Waals surface area contributed by atoms with Crippen molar-refractivity contribution >= 4 is 29.7 Å². The molecule has 0 saturated heterocycles. The Morgan fingerprint density at radius 3 is 2.53 bits per heavy atom. The summed E-state index contributed by atoms with van der Waals surface area (Å²) in [6.45, 7) is -0.394. The number of rotatable bonds is 5. The van der Waals surface area contributed by atoms with Gasteiger partial charge in [0.05, 0.1) is 0 Å². The maximum Gasteiger partial charge on any atom is 0.331 e. The first-order chi connectivity index (χ1) is 8.11. The summed E-state index contributed by atoms with van der Waals surface area (Å²) in [5.74, 6) is -1.26. The van der Waals surface area contributed by atoms with Crippen molar-refractivity contribution in [3.63, 3.8) is 0 Å². The van der Waals surface area contributed by atoms with Crippen LogP contribution in [0.15, 0.2) is 35.2 Å². The molecule has 1 amide bonds. The number of benzene rings is 1. The summed E-state index contributed by atoms with van der Waals surface area (Å²) in [5.41, 5.74) is 5.73. The number of ether oxygens (including phenoxy) is 1. The van der Waals surface area contributed by atoms with Crippen molar-refractivity contribution in [3.05, 3.63) is 35.9 Å². The van der Waals surface area contributed by atoms with Crippen molar-refractivity contribution in [2.45, 2.75) is 4.90 Å². The molecule has 0 heterocycles. The molecule has 0 saturated carbocycles. The first-order valence-corrected chi connectivity index (χ1v) is 6.11. The molecular formula is C12H13NO3S. The second-order valence-electron chi connectivity index (χ2n) is 3.18. The van der Waals surface area contributed by atoms with Gasteiger partial charge in [-0.3, -0.25) is 4.79 Å². The Morgan fingerprint density at radius 2 is 2.00 bits per heavy atom. The second-order valence-corrected chi connectivity index (χ2v) is 4.06. The molecule has 0 aliphatic carbocycles. The number of primary amides is 1. The molecule has 5 heteroatoms. The van der Waals surface area contributed by atoms with E-state index in [2.05, 4.69) is 4.74 Å². The fourth-order valence-electron chi connectivity index (χ4n) is 1.07. The number of thioether (sulfide) groups is 1. The summed E-state index contributed by atoms with van der Waals surface area (Å²) in [6.07, 6.45) is 4.87. The van der Waals surface area contributed by atoms with E-state index in [1.165, 1.54) is 6.08 Å².